The second-order valence-electron chi connectivity index (χ2n) is 4.88. The Balaban J connectivity index is 1.85. The number of nitrogens with two attached hydrogens (primary N) is 1. The van der Waals surface area contributed by atoms with Crippen molar-refractivity contribution < 1.29 is 4.79 Å². The zero-order valence-corrected chi connectivity index (χ0v) is 11.5. The van der Waals surface area contributed by atoms with Crippen molar-refractivity contribution in [2.24, 2.45) is 5.73 Å². The molecule has 1 amide bonds. The van der Waals surface area contributed by atoms with Crippen LogP contribution in [0.4, 0.5) is 0 Å². The molecular weight excluding hydrogens is 250 g/mol. The molecule has 0 unspecified atom stereocenters. The van der Waals surface area contributed by atoms with Crippen LogP contribution < -0.4 is 11.1 Å². The number of carbonyl (C=O) groups is 1. The maximum Gasteiger partial charge on any atom is 0.237 e. The van der Waals surface area contributed by atoms with E-state index in [2.05, 4.69) is 10.3 Å². The van der Waals surface area contributed by atoms with Gasteiger partial charge < -0.3 is 11.1 Å². The van der Waals surface area contributed by atoms with Crippen molar-refractivity contribution in [3.8, 4) is 0 Å². The first-order valence-electron chi connectivity index (χ1n) is 6.63. The number of amides is 1. The van der Waals surface area contributed by atoms with Gasteiger partial charge in [0.15, 0.2) is 0 Å². The third-order valence-corrected chi connectivity index (χ3v) is 3.03. The summed E-state index contributed by atoms with van der Waals surface area (Å²) in [4.78, 5) is 16.0. The Hall–Kier alpha value is -2.20. The number of hydrogen-bond donors (Lipinski definition) is 2. The van der Waals surface area contributed by atoms with Crippen LogP contribution in [0.2, 0.25) is 0 Å². The third-order valence-electron chi connectivity index (χ3n) is 3.03. The van der Waals surface area contributed by atoms with Crippen LogP contribution in [-0.2, 0) is 17.8 Å². The normalized spacial score (nSPS) is 11.9. The summed E-state index contributed by atoms with van der Waals surface area (Å²) in [5.74, 6) is -0.143. The molecule has 4 heteroatoms. The predicted octanol–water partition coefficient (Wildman–Crippen LogP) is 1.58. The Bertz CT molecular complexity index is 569. The van der Waals surface area contributed by atoms with E-state index in [1.165, 1.54) is 0 Å². The summed E-state index contributed by atoms with van der Waals surface area (Å²) in [5, 5.41) is 2.84. The van der Waals surface area contributed by atoms with Gasteiger partial charge in [-0.15, -0.1) is 0 Å². The van der Waals surface area contributed by atoms with Gasteiger partial charge in [0.1, 0.15) is 0 Å². The summed E-state index contributed by atoms with van der Waals surface area (Å²) in [6.45, 7) is 2.43. The summed E-state index contributed by atoms with van der Waals surface area (Å²) in [6.07, 6.45) is 4.07. The van der Waals surface area contributed by atoms with Crippen molar-refractivity contribution in [1.29, 1.82) is 0 Å². The minimum atomic E-state index is -0.532. The zero-order chi connectivity index (χ0) is 14.4. The van der Waals surface area contributed by atoms with Crippen LogP contribution >= 0.6 is 0 Å². The molecule has 4 nitrogen and oxygen atoms in total. The molecule has 1 aromatic heterocycles. The Morgan fingerprint density at radius 3 is 2.70 bits per heavy atom. The number of aromatic nitrogens is 1. The molecule has 2 rings (SSSR count). The molecule has 0 fully saturated rings. The van der Waals surface area contributed by atoms with Crippen LogP contribution in [0.15, 0.2) is 48.8 Å². The Kier molecular flexibility index (Phi) is 4.85. The van der Waals surface area contributed by atoms with Crippen molar-refractivity contribution >= 4 is 5.91 Å². The Labute approximate surface area is 119 Å². The summed E-state index contributed by atoms with van der Waals surface area (Å²) in [6, 6.07) is 11.2. The van der Waals surface area contributed by atoms with Crippen molar-refractivity contribution in [3.05, 3.63) is 65.5 Å². The number of nitrogens with zero attached hydrogens (tertiary/aromatic N) is 1. The molecule has 1 atom stereocenters. The zero-order valence-electron chi connectivity index (χ0n) is 11.5. The van der Waals surface area contributed by atoms with E-state index in [0.29, 0.717) is 13.0 Å². The molecule has 20 heavy (non-hydrogen) atoms. The number of aryl methyl sites for hydroxylation is 1. The number of pyridine rings is 1. The lowest BCUT2D eigenvalue weighted by molar-refractivity contribution is -0.122. The van der Waals surface area contributed by atoms with Gasteiger partial charge >= 0.3 is 0 Å². The number of carbonyl (C=O) groups excluding carboxylic acids is 1. The SMILES string of the molecule is Cc1cncc(CNC(=O)[C@H](N)Cc2ccccc2)c1. The third kappa shape index (κ3) is 4.17. The molecule has 0 saturated carbocycles. The van der Waals surface area contributed by atoms with E-state index in [0.717, 1.165) is 16.7 Å². The monoisotopic (exact) mass is 269 g/mol. The van der Waals surface area contributed by atoms with Crippen LogP contribution in [0.3, 0.4) is 0 Å². The second-order valence-corrected chi connectivity index (χ2v) is 4.88. The first kappa shape index (κ1) is 14.2. The number of nitrogens with one attached hydrogen (secondary N) is 1. The van der Waals surface area contributed by atoms with E-state index in [1.807, 2.05) is 43.3 Å². The van der Waals surface area contributed by atoms with Crippen LogP contribution in [0.1, 0.15) is 16.7 Å². The van der Waals surface area contributed by atoms with Crippen LogP contribution in [0.25, 0.3) is 0 Å². The quantitative estimate of drug-likeness (QED) is 0.866. The van der Waals surface area contributed by atoms with Gasteiger partial charge in [-0.25, -0.2) is 0 Å². The van der Waals surface area contributed by atoms with E-state index >= 15 is 0 Å². The van der Waals surface area contributed by atoms with Gasteiger partial charge in [-0.2, -0.15) is 0 Å². The van der Waals surface area contributed by atoms with Crippen molar-refractivity contribution in [3.63, 3.8) is 0 Å². The second kappa shape index (κ2) is 6.82. The lowest BCUT2D eigenvalue weighted by atomic mass is 10.1. The predicted molar refractivity (Wildman–Crippen MR) is 78.9 cm³/mol. The molecule has 1 aromatic carbocycles. The van der Waals surface area contributed by atoms with Gasteiger partial charge in [-0.1, -0.05) is 36.4 Å². The number of rotatable bonds is 5. The van der Waals surface area contributed by atoms with Crippen LogP contribution in [-0.4, -0.2) is 16.9 Å². The average molecular weight is 269 g/mol. The molecule has 0 saturated heterocycles. The minimum absolute atomic E-state index is 0.143. The minimum Gasteiger partial charge on any atom is -0.351 e. The molecule has 0 aliphatic carbocycles. The molecule has 2 aromatic rings. The van der Waals surface area contributed by atoms with E-state index in [9.17, 15) is 4.79 Å². The van der Waals surface area contributed by atoms with E-state index in [-0.39, 0.29) is 5.91 Å². The van der Waals surface area contributed by atoms with Crippen LogP contribution in [0, 0.1) is 6.92 Å². The van der Waals surface area contributed by atoms with Crippen molar-refractivity contribution in [1.82, 2.24) is 10.3 Å². The molecule has 1 heterocycles. The maximum absolute atomic E-state index is 11.9. The van der Waals surface area contributed by atoms with Crippen LogP contribution in [0.5, 0.6) is 0 Å². The molecule has 104 valence electrons. The van der Waals surface area contributed by atoms with Gasteiger partial charge in [0.05, 0.1) is 6.04 Å². The lowest BCUT2D eigenvalue weighted by Gasteiger charge is -2.12. The fraction of sp³-hybridized carbons (Fsp3) is 0.250. The Morgan fingerprint density at radius 2 is 2.00 bits per heavy atom. The van der Waals surface area contributed by atoms with E-state index in [4.69, 9.17) is 5.73 Å². The molecule has 0 radical (unpaired) electrons. The summed E-state index contributed by atoms with van der Waals surface area (Å²) >= 11 is 0. The van der Waals surface area contributed by atoms with Gasteiger partial charge in [0.2, 0.25) is 5.91 Å². The van der Waals surface area contributed by atoms with Gasteiger partial charge in [-0.3, -0.25) is 9.78 Å². The average Bonchev–Trinajstić information content (AvgIpc) is 2.46. The smallest absolute Gasteiger partial charge is 0.237 e. The molecular formula is C16H19N3O. The lowest BCUT2D eigenvalue weighted by Crippen LogP contribution is -2.41. The highest BCUT2D eigenvalue weighted by atomic mass is 16.2. The maximum atomic E-state index is 11.9. The van der Waals surface area contributed by atoms with Gasteiger partial charge in [0, 0.05) is 18.9 Å². The fourth-order valence-corrected chi connectivity index (χ4v) is 2.00. The van der Waals surface area contributed by atoms with E-state index in [1.54, 1.807) is 12.4 Å². The van der Waals surface area contributed by atoms with E-state index < -0.39 is 6.04 Å². The summed E-state index contributed by atoms with van der Waals surface area (Å²) < 4.78 is 0. The molecule has 0 spiro atoms. The van der Waals surface area contributed by atoms with Crippen molar-refractivity contribution in [2.75, 3.05) is 0 Å². The highest BCUT2D eigenvalue weighted by Crippen LogP contribution is 2.03. The first-order valence-corrected chi connectivity index (χ1v) is 6.63. The molecule has 0 bridgehead atoms. The highest BCUT2D eigenvalue weighted by Gasteiger charge is 2.13. The molecule has 0 aliphatic heterocycles. The molecule has 0 aliphatic rings. The number of hydrogen-bond acceptors (Lipinski definition) is 3. The van der Waals surface area contributed by atoms with Gasteiger partial charge in [-0.05, 0) is 30.0 Å². The topological polar surface area (TPSA) is 68.0 Å². The largest absolute Gasteiger partial charge is 0.351 e. The number of benzene rings is 1. The summed E-state index contributed by atoms with van der Waals surface area (Å²) in [5.41, 5.74) is 9.03. The standard InChI is InChI=1S/C16H19N3O/c1-12-7-14(10-18-9-12)11-19-16(20)15(17)8-13-5-3-2-4-6-13/h2-7,9-10,15H,8,11,17H2,1H3,(H,19,20)/t15-/m1/s1. The summed E-state index contributed by atoms with van der Waals surface area (Å²) in [7, 11) is 0. The Morgan fingerprint density at radius 1 is 1.25 bits per heavy atom. The highest BCUT2D eigenvalue weighted by molar-refractivity contribution is 5.81. The fourth-order valence-electron chi connectivity index (χ4n) is 2.00. The first-order chi connectivity index (χ1) is 9.65. The van der Waals surface area contributed by atoms with Crippen molar-refractivity contribution in [2.45, 2.75) is 25.9 Å². The van der Waals surface area contributed by atoms with Gasteiger partial charge in [0.25, 0.3) is 0 Å². The molecule has 3 N–H and O–H groups in total.